The molecule has 8 heavy (non-hydrogen) atoms. The molecule has 1 N–H and O–H groups in total. The van der Waals surface area contributed by atoms with Gasteiger partial charge in [-0.1, -0.05) is 11.8 Å². The maximum atomic E-state index is 10.1. The number of hydrogen-bond acceptors (Lipinski definition) is 3. The summed E-state index contributed by atoms with van der Waals surface area (Å²) >= 11 is 1.11. The van der Waals surface area contributed by atoms with Crippen molar-refractivity contribution in [3.63, 3.8) is 0 Å². The molecule has 0 radical (unpaired) electrons. The molecule has 1 aliphatic rings. The van der Waals surface area contributed by atoms with Crippen LogP contribution in [0.3, 0.4) is 0 Å². The maximum absolute atomic E-state index is 10.1. The normalized spacial score (nSPS) is 26.0. The number of carbonyl (C=O) groups is 2. The predicted octanol–water partition coefficient (Wildman–Crippen LogP) is -0.244. The van der Waals surface area contributed by atoms with Crippen LogP contribution in [-0.4, -0.2) is 16.9 Å². The van der Waals surface area contributed by atoms with Crippen LogP contribution in [0.5, 0.6) is 0 Å². The van der Waals surface area contributed by atoms with E-state index in [1.54, 1.807) is 0 Å². The highest BCUT2D eigenvalue weighted by Gasteiger charge is 2.24. The second-order valence-electron chi connectivity index (χ2n) is 1.49. The minimum atomic E-state index is 0.0318. The van der Waals surface area contributed by atoms with Gasteiger partial charge in [0.25, 0.3) is 0 Å². The van der Waals surface area contributed by atoms with Gasteiger partial charge in [-0.15, -0.1) is 0 Å². The summed E-state index contributed by atoms with van der Waals surface area (Å²) in [6, 6.07) is 0. The van der Waals surface area contributed by atoms with Crippen molar-refractivity contribution in [1.82, 2.24) is 5.32 Å². The molecule has 44 valence electrons. The van der Waals surface area contributed by atoms with Gasteiger partial charge < -0.3 is 5.32 Å². The van der Waals surface area contributed by atoms with Crippen LogP contribution in [-0.2, 0) is 9.59 Å². The zero-order chi connectivity index (χ0) is 5.98. The van der Waals surface area contributed by atoms with Gasteiger partial charge in [0.2, 0.25) is 5.91 Å². The second kappa shape index (κ2) is 2.17. The van der Waals surface area contributed by atoms with Crippen LogP contribution < -0.4 is 5.32 Å². The predicted molar refractivity (Wildman–Crippen MR) is 30.9 cm³/mol. The Bertz CT molecular complexity index is 114. The maximum Gasteiger partial charge on any atom is 0.223 e. The molecule has 1 aliphatic heterocycles. The molecular weight excluding hydrogens is 126 g/mol. The summed E-state index contributed by atoms with van der Waals surface area (Å²) in [5, 5.41) is 2.59. The van der Waals surface area contributed by atoms with Gasteiger partial charge >= 0.3 is 0 Å². The zero-order valence-electron chi connectivity index (χ0n) is 4.09. The van der Waals surface area contributed by atoms with Crippen molar-refractivity contribution >= 4 is 23.3 Å². The molecule has 1 rings (SSSR count). The van der Waals surface area contributed by atoms with Crippen LogP contribution in [0, 0.1) is 0 Å². The van der Waals surface area contributed by atoms with Gasteiger partial charge in [-0.05, 0) is 0 Å². The minimum Gasteiger partial charge on any atom is -0.343 e. The van der Waals surface area contributed by atoms with Gasteiger partial charge in [-0.25, -0.2) is 0 Å². The molecule has 0 spiro atoms. The molecule has 1 amide bonds. The fraction of sp³-hybridized carbons (Fsp3) is 0.500. The fourth-order valence-corrected chi connectivity index (χ4v) is 1.06. The summed E-state index contributed by atoms with van der Waals surface area (Å²) in [6.07, 6.45) is 0.489. The van der Waals surface area contributed by atoms with Crippen molar-refractivity contribution in [2.45, 2.75) is 11.8 Å². The van der Waals surface area contributed by atoms with Gasteiger partial charge in [-0.3, -0.25) is 9.59 Å². The zero-order valence-corrected chi connectivity index (χ0v) is 4.90. The van der Waals surface area contributed by atoms with Crippen molar-refractivity contribution in [3.8, 4) is 0 Å². The highest BCUT2D eigenvalue weighted by Crippen LogP contribution is 2.15. The van der Waals surface area contributed by atoms with E-state index in [9.17, 15) is 9.59 Å². The van der Waals surface area contributed by atoms with E-state index in [0.29, 0.717) is 6.42 Å². The molecule has 0 aliphatic carbocycles. The van der Waals surface area contributed by atoms with Crippen molar-refractivity contribution in [3.05, 3.63) is 0 Å². The lowest BCUT2D eigenvalue weighted by Crippen LogP contribution is -2.46. The fourth-order valence-electron chi connectivity index (χ4n) is 0.476. The molecule has 3 nitrogen and oxygen atoms in total. The smallest absolute Gasteiger partial charge is 0.223 e. The van der Waals surface area contributed by atoms with Gasteiger partial charge in [0.05, 0.1) is 11.8 Å². The monoisotopic (exact) mass is 131 g/mol. The topological polar surface area (TPSA) is 46.2 Å². The summed E-state index contributed by atoms with van der Waals surface area (Å²) in [5.41, 5.74) is 0.740. The van der Waals surface area contributed by atoms with E-state index in [-0.39, 0.29) is 11.3 Å². The Labute approximate surface area is 50.8 Å². The standard InChI is InChI=1S/C4H5NO2S/c6-2-8-4-1-3(7)5-4/h2,4H,1H2,(H,5,7). The molecule has 4 heteroatoms. The average Bonchev–Trinajstić information content (AvgIpc) is 1.64. The van der Waals surface area contributed by atoms with Crippen molar-refractivity contribution in [1.29, 1.82) is 0 Å². The van der Waals surface area contributed by atoms with Crippen LogP contribution in [0.2, 0.25) is 0 Å². The van der Waals surface area contributed by atoms with E-state index >= 15 is 0 Å². The molecule has 0 aromatic carbocycles. The SMILES string of the molecule is O=CSC1CC(=O)N1. The highest BCUT2D eigenvalue weighted by atomic mass is 32.2. The lowest BCUT2D eigenvalue weighted by atomic mass is 10.3. The number of thioether (sulfide) groups is 1. The van der Waals surface area contributed by atoms with Crippen molar-refractivity contribution in [2.24, 2.45) is 0 Å². The van der Waals surface area contributed by atoms with Gasteiger partial charge in [0, 0.05) is 0 Å². The molecule has 1 heterocycles. The van der Waals surface area contributed by atoms with Gasteiger partial charge in [-0.2, -0.15) is 0 Å². The molecule has 0 saturated carbocycles. The van der Waals surface area contributed by atoms with E-state index in [4.69, 9.17) is 0 Å². The summed E-state index contributed by atoms with van der Waals surface area (Å²) in [6.45, 7) is 0. The van der Waals surface area contributed by atoms with Crippen LogP contribution in [0.25, 0.3) is 0 Å². The Kier molecular flexibility index (Phi) is 1.53. The second-order valence-corrected chi connectivity index (χ2v) is 2.53. The first kappa shape index (κ1) is 5.62. The Balaban J connectivity index is 2.15. The minimum absolute atomic E-state index is 0.0318. The number of β-lactam (4-membered cyclic amide) rings is 1. The number of amides is 1. The summed E-state index contributed by atoms with van der Waals surface area (Å²) in [7, 11) is 0. The molecule has 0 aromatic heterocycles. The molecule has 0 bridgehead atoms. The third kappa shape index (κ3) is 1.01. The third-order valence-electron chi connectivity index (χ3n) is 0.913. The average molecular weight is 131 g/mol. The van der Waals surface area contributed by atoms with Crippen LogP contribution in [0.1, 0.15) is 6.42 Å². The molecule has 0 aromatic rings. The van der Waals surface area contributed by atoms with E-state index in [0.717, 1.165) is 17.4 Å². The number of hydrogen-bond donors (Lipinski definition) is 1. The van der Waals surface area contributed by atoms with Gasteiger partial charge in [0.15, 0.2) is 5.62 Å². The molecule has 1 saturated heterocycles. The Morgan fingerprint density at radius 1 is 1.88 bits per heavy atom. The molecule has 1 fully saturated rings. The first-order valence-corrected chi connectivity index (χ1v) is 3.15. The van der Waals surface area contributed by atoms with E-state index < -0.39 is 0 Å². The van der Waals surface area contributed by atoms with Crippen LogP contribution >= 0.6 is 11.8 Å². The molecule has 1 unspecified atom stereocenters. The largest absolute Gasteiger partial charge is 0.343 e. The number of carbonyl (C=O) groups excluding carboxylic acids is 2. The number of nitrogens with one attached hydrogen (secondary N) is 1. The Hall–Kier alpha value is -0.510. The Morgan fingerprint density at radius 2 is 2.50 bits per heavy atom. The Morgan fingerprint density at radius 3 is 2.88 bits per heavy atom. The third-order valence-corrected chi connectivity index (χ3v) is 1.64. The van der Waals surface area contributed by atoms with Gasteiger partial charge in [0.1, 0.15) is 0 Å². The van der Waals surface area contributed by atoms with Crippen molar-refractivity contribution in [2.75, 3.05) is 0 Å². The lowest BCUT2D eigenvalue weighted by Gasteiger charge is -2.23. The molecular formula is C4H5NO2S. The number of rotatable bonds is 2. The molecule has 1 atom stereocenters. The van der Waals surface area contributed by atoms with E-state index in [1.165, 1.54) is 0 Å². The highest BCUT2D eigenvalue weighted by molar-refractivity contribution is 8.12. The van der Waals surface area contributed by atoms with E-state index in [2.05, 4.69) is 5.32 Å². The summed E-state index contributed by atoms with van der Waals surface area (Å²) in [4.78, 5) is 19.9. The lowest BCUT2D eigenvalue weighted by molar-refractivity contribution is -0.126. The quantitative estimate of drug-likeness (QED) is 0.415. The van der Waals surface area contributed by atoms with E-state index in [1.807, 2.05) is 0 Å². The van der Waals surface area contributed by atoms with Crippen LogP contribution in [0.4, 0.5) is 0 Å². The van der Waals surface area contributed by atoms with Crippen molar-refractivity contribution < 1.29 is 9.59 Å². The first-order valence-electron chi connectivity index (χ1n) is 2.21. The summed E-state index contributed by atoms with van der Waals surface area (Å²) in [5.74, 6) is 0.0318. The summed E-state index contributed by atoms with van der Waals surface area (Å²) < 4.78 is 0. The first-order chi connectivity index (χ1) is 3.83. The van der Waals surface area contributed by atoms with Crippen LogP contribution in [0.15, 0.2) is 0 Å².